The molecule has 258 valence electrons. The van der Waals surface area contributed by atoms with Gasteiger partial charge in [0.15, 0.2) is 0 Å². The van der Waals surface area contributed by atoms with Crippen LogP contribution >= 0.6 is 0 Å². The molecule has 0 radical (unpaired) electrons. The molecule has 3 saturated heterocycles. The van der Waals surface area contributed by atoms with E-state index < -0.39 is 11.8 Å². The van der Waals surface area contributed by atoms with E-state index in [1.54, 1.807) is 0 Å². The highest BCUT2D eigenvalue weighted by Gasteiger charge is 2.74. The van der Waals surface area contributed by atoms with E-state index in [9.17, 15) is 9.90 Å². The minimum atomic E-state index is -0.588. The maximum Gasteiger partial charge on any atom is 0.308 e. The third-order valence-corrected chi connectivity index (χ3v) is 11.5. The van der Waals surface area contributed by atoms with Gasteiger partial charge in [-0.15, -0.1) is 0 Å². The molecule has 3 rings (SSSR count). The summed E-state index contributed by atoms with van der Waals surface area (Å²) in [6.07, 6.45) is 30.7. The van der Waals surface area contributed by atoms with E-state index in [1.807, 2.05) is 0 Å². The van der Waals surface area contributed by atoms with Crippen molar-refractivity contribution < 1.29 is 9.90 Å². The standard InChI is InChI=1S/C39H75N3O2/c1-7-13-19-25-32-33(26-20-14-8-2)40(32)39(31-38(43)44,41-34(27-21-15-9-3)35(41)28-22-16-10-4)42-36(29-23-17-11-5)37(42)30-24-18-12-6/h32-37H,7-31H2,1-6H3,(H,43,44). The number of unbranched alkanes of at least 4 members (excludes halogenated alkanes) is 12. The van der Waals surface area contributed by atoms with Crippen molar-refractivity contribution in [2.45, 2.75) is 244 Å². The second-order valence-corrected chi connectivity index (χ2v) is 14.9. The molecular formula is C39H75N3O2. The summed E-state index contributed by atoms with van der Waals surface area (Å²) in [5.74, 6) is -1.02. The number of carboxylic acids is 1. The first-order chi connectivity index (χ1) is 21.5. The summed E-state index contributed by atoms with van der Waals surface area (Å²) >= 11 is 0. The lowest BCUT2D eigenvalue weighted by Crippen LogP contribution is -2.58. The van der Waals surface area contributed by atoms with Gasteiger partial charge in [0.25, 0.3) is 0 Å². The lowest BCUT2D eigenvalue weighted by Gasteiger charge is -2.41. The molecule has 0 aromatic carbocycles. The maximum absolute atomic E-state index is 13.1. The zero-order valence-corrected chi connectivity index (χ0v) is 30.3. The summed E-state index contributed by atoms with van der Waals surface area (Å²) < 4.78 is 0. The molecule has 3 heterocycles. The Balaban J connectivity index is 2.04. The Morgan fingerprint density at radius 1 is 0.432 bits per heavy atom. The van der Waals surface area contributed by atoms with E-state index in [1.165, 1.54) is 154 Å². The molecule has 6 unspecified atom stereocenters. The van der Waals surface area contributed by atoms with Crippen molar-refractivity contribution in [2.75, 3.05) is 0 Å². The molecular weight excluding hydrogens is 542 g/mol. The van der Waals surface area contributed by atoms with Crippen LogP contribution in [0.4, 0.5) is 0 Å². The average molecular weight is 618 g/mol. The summed E-state index contributed by atoms with van der Waals surface area (Å²) in [4.78, 5) is 21.7. The van der Waals surface area contributed by atoms with Gasteiger partial charge in [-0.1, -0.05) is 157 Å². The van der Waals surface area contributed by atoms with Gasteiger partial charge in [0.05, 0.1) is 6.42 Å². The quantitative estimate of drug-likeness (QED) is 0.0668. The molecule has 0 spiro atoms. The van der Waals surface area contributed by atoms with Crippen LogP contribution in [0.3, 0.4) is 0 Å². The van der Waals surface area contributed by atoms with Gasteiger partial charge < -0.3 is 5.11 Å². The smallest absolute Gasteiger partial charge is 0.308 e. The number of rotatable bonds is 29. The van der Waals surface area contributed by atoms with E-state index >= 15 is 0 Å². The third-order valence-electron chi connectivity index (χ3n) is 11.5. The van der Waals surface area contributed by atoms with Crippen molar-refractivity contribution in [3.8, 4) is 0 Å². The molecule has 0 saturated carbocycles. The van der Waals surface area contributed by atoms with Crippen LogP contribution in [-0.4, -0.2) is 67.8 Å². The molecule has 3 fully saturated rings. The predicted molar refractivity (Wildman–Crippen MR) is 188 cm³/mol. The zero-order chi connectivity index (χ0) is 32.0. The Kier molecular flexibility index (Phi) is 17.1. The predicted octanol–water partition coefficient (Wildman–Crippen LogP) is 10.8. The molecule has 0 bridgehead atoms. The minimum absolute atomic E-state index is 0.269. The summed E-state index contributed by atoms with van der Waals surface area (Å²) in [7, 11) is 0. The lowest BCUT2D eigenvalue weighted by molar-refractivity contribution is -0.148. The number of carboxylic acid groups (broad SMARTS) is 1. The molecule has 6 atom stereocenters. The first-order valence-electron chi connectivity index (χ1n) is 20.0. The van der Waals surface area contributed by atoms with Crippen molar-refractivity contribution in [2.24, 2.45) is 0 Å². The maximum atomic E-state index is 13.1. The van der Waals surface area contributed by atoms with Crippen LogP contribution in [0.2, 0.25) is 0 Å². The van der Waals surface area contributed by atoms with Crippen molar-refractivity contribution in [3.05, 3.63) is 0 Å². The molecule has 5 nitrogen and oxygen atoms in total. The van der Waals surface area contributed by atoms with Crippen LogP contribution < -0.4 is 0 Å². The molecule has 5 heteroatoms. The first-order valence-corrected chi connectivity index (χ1v) is 20.0. The topological polar surface area (TPSA) is 46.3 Å². The van der Waals surface area contributed by atoms with E-state index in [-0.39, 0.29) is 6.42 Å². The fourth-order valence-electron chi connectivity index (χ4n) is 9.08. The van der Waals surface area contributed by atoms with Gasteiger partial charge in [-0.3, -0.25) is 19.5 Å². The lowest BCUT2D eigenvalue weighted by atomic mass is 10.1. The van der Waals surface area contributed by atoms with E-state index in [4.69, 9.17) is 0 Å². The highest BCUT2D eigenvalue weighted by Crippen LogP contribution is 2.60. The SMILES string of the molecule is CCCCCC1C(CCCCC)N1C(CC(=O)O)(N1C(CCCCC)C1CCCCC)N1C(CCCCC)C1CCCCC. The Hall–Kier alpha value is -0.650. The van der Waals surface area contributed by atoms with Crippen LogP contribution in [0.1, 0.15) is 202 Å². The molecule has 0 aromatic rings. The zero-order valence-electron chi connectivity index (χ0n) is 30.3. The van der Waals surface area contributed by atoms with E-state index in [0.717, 1.165) is 0 Å². The van der Waals surface area contributed by atoms with Gasteiger partial charge in [-0.2, -0.15) is 0 Å². The molecule has 0 amide bonds. The summed E-state index contributed by atoms with van der Waals surface area (Å²) in [6, 6.07) is 3.33. The monoisotopic (exact) mass is 618 g/mol. The molecule has 0 aliphatic carbocycles. The van der Waals surface area contributed by atoms with Gasteiger partial charge in [-0.25, -0.2) is 0 Å². The average Bonchev–Trinajstić information content (AvgIpc) is 3.95. The Bertz CT molecular complexity index is 653. The number of hydrogen-bond donors (Lipinski definition) is 1. The fourth-order valence-corrected chi connectivity index (χ4v) is 9.08. The molecule has 3 aliphatic rings. The van der Waals surface area contributed by atoms with E-state index in [0.29, 0.717) is 36.3 Å². The van der Waals surface area contributed by atoms with Gasteiger partial charge in [0.2, 0.25) is 0 Å². The summed E-state index contributed by atoms with van der Waals surface area (Å²) in [5.41, 5.74) is 0. The number of carbonyl (C=O) groups is 1. The van der Waals surface area contributed by atoms with Crippen molar-refractivity contribution in [1.82, 2.24) is 14.7 Å². The number of hydrogen-bond acceptors (Lipinski definition) is 4. The molecule has 1 N–H and O–H groups in total. The highest BCUT2D eigenvalue weighted by molar-refractivity contribution is 5.69. The molecule has 0 aromatic heterocycles. The second kappa shape index (κ2) is 19.9. The minimum Gasteiger partial charge on any atom is -0.481 e. The van der Waals surface area contributed by atoms with Crippen molar-refractivity contribution in [3.63, 3.8) is 0 Å². The first kappa shape index (κ1) is 37.8. The van der Waals surface area contributed by atoms with Gasteiger partial charge in [0, 0.05) is 36.3 Å². The fraction of sp³-hybridized carbons (Fsp3) is 0.974. The normalized spacial score (nSPS) is 32.0. The second-order valence-electron chi connectivity index (χ2n) is 14.9. The molecule has 3 aliphatic heterocycles. The number of nitrogens with zero attached hydrogens (tertiary/aromatic N) is 3. The molecule has 44 heavy (non-hydrogen) atoms. The summed E-state index contributed by atoms with van der Waals surface area (Å²) in [5, 5.41) is 10.8. The van der Waals surface area contributed by atoms with Gasteiger partial charge in [0.1, 0.15) is 5.79 Å². The Labute approximate surface area is 274 Å². The van der Waals surface area contributed by atoms with Crippen LogP contribution in [0, 0.1) is 0 Å². The largest absolute Gasteiger partial charge is 0.481 e. The highest BCUT2D eigenvalue weighted by atomic mass is 16.4. The van der Waals surface area contributed by atoms with Crippen molar-refractivity contribution in [1.29, 1.82) is 0 Å². The summed E-state index contributed by atoms with van der Waals surface area (Å²) in [6.45, 7) is 13.9. The van der Waals surface area contributed by atoms with Crippen molar-refractivity contribution >= 4 is 5.97 Å². The van der Waals surface area contributed by atoms with Gasteiger partial charge >= 0.3 is 5.97 Å². The Morgan fingerprint density at radius 3 is 0.795 bits per heavy atom. The van der Waals surface area contributed by atoms with E-state index in [2.05, 4.69) is 56.2 Å². The van der Waals surface area contributed by atoms with Crippen LogP contribution in [0.25, 0.3) is 0 Å². The van der Waals surface area contributed by atoms with Crippen LogP contribution in [-0.2, 0) is 4.79 Å². The number of aliphatic carboxylic acids is 1. The van der Waals surface area contributed by atoms with Crippen LogP contribution in [0.5, 0.6) is 0 Å². The third kappa shape index (κ3) is 9.93. The Morgan fingerprint density at radius 2 is 0.636 bits per heavy atom. The van der Waals surface area contributed by atoms with Crippen LogP contribution in [0.15, 0.2) is 0 Å². The van der Waals surface area contributed by atoms with Gasteiger partial charge in [-0.05, 0) is 38.5 Å².